The molecule has 0 radical (unpaired) electrons. The van der Waals surface area contributed by atoms with Gasteiger partial charge < -0.3 is 4.74 Å². The Kier molecular flexibility index (Phi) is 6.73. The summed E-state index contributed by atoms with van der Waals surface area (Å²) in [5, 5.41) is 11.2. The lowest BCUT2D eigenvalue weighted by Crippen LogP contribution is -2.31. The van der Waals surface area contributed by atoms with Crippen LogP contribution < -0.4 is 0 Å². The number of rotatable bonds is 7. The lowest BCUT2D eigenvalue weighted by atomic mass is 10.2. The summed E-state index contributed by atoms with van der Waals surface area (Å²) in [4.78, 5) is 38.3. The van der Waals surface area contributed by atoms with Gasteiger partial charge in [-0.3, -0.25) is 24.6 Å². The van der Waals surface area contributed by atoms with Crippen molar-refractivity contribution in [3.05, 3.63) is 68.6 Å². The largest absolute Gasteiger partial charge is 0.383 e. The first kappa shape index (κ1) is 21.1. The lowest BCUT2D eigenvalue weighted by molar-refractivity contribution is -0.387. The van der Waals surface area contributed by atoms with E-state index in [0.717, 1.165) is 27.1 Å². The monoisotopic (exact) mass is 430 g/mol. The zero-order chi connectivity index (χ0) is 21.0. The average Bonchev–Trinajstić information content (AvgIpc) is 2.95. The maximum absolute atomic E-state index is 12.4. The van der Waals surface area contributed by atoms with Crippen LogP contribution in [0.15, 0.2) is 57.2 Å². The van der Waals surface area contributed by atoms with Crippen molar-refractivity contribution < 1.29 is 19.2 Å². The number of thioether (sulfide) groups is 1. The first-order valence-corrected chi connectivity index (χ1v) is 10.3. The molecule has 2 aromatic rings. The first-order valence-electron chi connectivity index (χ1n) is 8.66. The molecule has 29 heavy (non-hydrogen) atoms. The number of nitrogens with zero attached hydrogens (tertiary/aromatic N) is 2. The third-order valence-corrected chi connectivity index (χ3v) is 6.10. The number of hydrogen-bond donors (Lipinski definition) is 0. The smallest absolute Gasteiger partial charge is 0.293 e. The zero-order valence-electron chi connectivity index (χ0n) is 15.8. The molecule has 0 bridgehead atoms. The number of benzene rings is 2. The lowest BCUT2D eigenvalue weighted by Gasteiger charge is -2.10. The van der Waals surface area contributed by atoms with Crippen LogP contribution in [0.3, 0.4) is 0 Å². The van der Waals surface area contributed by atoms with Gasteiger partial charge in [0.2, 0.25) is 0 Å². The molecule has 1 heterocycles. The molecule has 0 unspecified atom stereocenters. The molecular formula is C20H18N2O5S2. The molecule has 1 aliphatic rings. The molecule has 1 fully saturated rings. The Bertz CT molecular complexity index is 989. The van der Waals surface area contributed by atoms with Gasteiger partial charge in [-0.2, -0.15) is 0 Å². The SMILES string of the molecule is COCCN1C(=O)S/C(=C\c2ccc(Sc3ccc(C)cc3)c([N+](=O)[O-])c2)C1=O. The minimum absolute atomic E-state index is 0.0528. The number of ether oxygens (including phenoxy) is 1. The number of amides is 2. The van der Waals surface area contributed by atoms with E-state index in [1.54, 1.807) is 12.1 Å². The molecule has 3 rings (SSSR count). The molecule has 0 saturated carbocycles. The summed E-state index contributed by atoms with van der Waals surface area (Å²) in [6, 6.07) is 12.5. The molecule has 150 valence electrons. The van der Waals surface area contributed by atoms with Crippen LogP contribution in [0.2, 0.25) is 0 Å². The van der Waals surface area contributed by atoms with Gasteiger partial charge in [-0.1, -0.05) is 35.5 Å². The molecule has 7 nitrogen and oxygen atoms in total. The van der Waals surface area contributed by atoms with Gasteiger partial charge in [-0.25, -0.2) is 0 Å². The van der Waals surface area contributed by atoms with Crippen LogP contribution in [0.4, 0.5) is 10.5 Å². The van der Waals surface area contributed by atoms with E-state index in [0.29, 0.717) is 10.5 Å². The van der Waals surface area contributed by atoms with Crippen LogP contribution >= 0.6 is 23.5 Å². The van der Waals surface area contributed by atoms with Crippen LogP contribution in [0.5, 0.6) is 0 Å². The Labute approximate surface area is 176 Å². The van der Waals surface area contributed by atoms with Gasteiger partial charge in [-0.05, 0) is 48.5 Å². The molecule has 0 atom stereocenters. The van der Waals surface area contributed by atoms with E-state index in [2.05, 4.69) is 0 Å². The summed E-state index contributed by atoms with van der Waals surface area (Å²) in [5.41, 5.74) is 1.55. The van der Waals surface area contributed by atoms with Crippen molar-refractivity contribution in [1.29, 1.82) is 0 Å². The number of nitro benzene ring substituents is 1. The summed E-state index contributed by atoms with van der Waals surface area (Å²) >= 11 is 2.12. The highest BCUT2D eigenvalue weighted by Gasteiger charge is 2.34. The van der Waals surface area contributed by atoms with Crippen LogP contribution in [0.1, 0.15) is 11.1 Å². The topological polar surface area (TPSA) is 89.8 Å². The number of imide groups is 1. The number of carbonyl (C=O) groups is 2. The van der Waals surface area contributed by atoms with E-state index in [-0.39, 0.29) is 29.0 Å². The minimum Gasteiger partial charge on any atom is -0.383 e. The Morgan fingerprint density at radius 2 is 1.93 bits per heavy atom. The normalized spacial score (nSPS) is 15.4. The summed E-state index contributed by atoms with van der Waals surface area (Å²) in [6.45, 7) is 2.40. The first-order chi connectivity index (χ1) is 13.9. The Hall–Kier alpha value is -2.62. The second kappa shape index (κ2) is 9.25. The molecule has 9 heteroatoms. The van der Waals surface area contributed by atoms with Gasteiger partial charge in [0.1, 0.15) is 0 Å². The summed E-state index contributed by atoms with van der Waals surface area (Å²) < 4.78 is 4.91. The minimum atomic E-state index is -0.446. The fourth-order valence-electron chi connectivity index (χ4n) is 2.61. The molecule has 0 aromatic heterocycles. The predicted molar refractivity (Wildman–Crippen MR) is 113 cm³/mol. The highest BCUT2D eigenvalue weighted by molar-refractivity contribution is 8.18. The van der Waals surface area contributed by atoms with E-state index in [1.807, 2.05) is 31.2 Å². The third-order valence-electron chi connectivity index (χ3n) is 4.12. The highest BCUT2D eigenvalue weighted by Crippen LogP contribution is 2.37. The third kappa shape index (κ3) is 5.06. The number of aryl methyl sites for hydroxylation is 1. The van der Waals surface area contributed by atoms with Crippen molar-refractivity contribution in [3.8, 4) is 0 Å². The predicted octanol–water partition coefficient (Wildman–Crippen LogP) is 4.74. The Morgan fingerprint density at radius 3 is 2.59 bits per heavy atom. The number of hydrogen-bond acceptors (Lipinski definition) is 7. The average molecular weight is 431 g/mol. The van der Waals surface area contributed by atoms with Gasteiger partial charge in [0.25, 0.3) is 16.8 Å². The maximum Gasteiger partial charge on any atom is 0.293 e. The van der Waals surface area contributed by atoms with Gasteiger partial charge in [0.05, 0.1) is 27.9 Å². The molecular weight excluding hydrogens is 412 g/mol. The summed E-state index contributed by atoms with van der Waals surface area (Å²) in [7, 11) is 1.49. The van der Waals surface area contributed by atoms with Gasteiger partial charge in [0, 0.05) is 18.1 Å². The van der Waals surface area contributed by atoms with E-state index in [4.69, 9.17) is 4.74 Å². The van der Waals surface area contributed by atoms with E-state index in [9.17, 15) is 19.7 Å². The van der Waals surface area contributed by atoms with Crippen LogP contribution in [-0.2, 0) is 9.53 Å². The van der Waals surface area contributed by atoms with Crippen molar-refractivity contribution in [2.45, 2.75) is 16.7 Å². The Balaban J connectivity index is 1.86. The van der Waals surface area contributed by atoms with Crippen LogP contribution in [0.25, 0.3) is 6.08 Å². The second-order valence-electron chi connectivity index (χ2n) is 6.23. The van der Waals surface area contributed by atoms with E-state index in [1.165, 1.54) is 31.0 Å². The zero-order valence-corrected chi connectivity index (χ0v) is 17.4. The van der Waals surface area contributed by atoms with Crippen LogP contribution in [-0.4, -0.2) is 41.2 Å². The number of nitro groups is 1. The van der Waals surface area contributed by atoms with Crippen molar-refractivity contribution >= 4 is 46.4 Å². The van der Waals surface area contributed by atoms with Gasteiger partial charge >= 0.3 is 0 Å². The van der Waals surface area contributed by atoms with E-state index >= 15 is 0 Å². The van der Waals surface area contributed by atoms with Crippen molar-refractivity contribution in [3.63, 3.8) is 0 Å². The molecule has 0 N–H and O–H groups in total. The fraction of sp³-hybridized carbons (Fsp3) is 0.200. The quantitative estimate of drug-likeness (QED) is 0.356. The standard InChI is InChI=1S/C20H18N2O5S2/c1-13-3-6-15(7-4-13)28-17-8-5-14(11-16(17)22(25)26)12-18-19(23)21(9-10-27-2)20(24)29-18/h3-8,11-12H,9-10H2,1-2H3/b18-12-. The molecule has 2 aromatic carbocycles. The maximum atomic E-state index is 12.4. The van der Waals surface area contributed by atoms with Crippen LogP contribution in [0, 0.1) is 17.0 Å². The molecule has 0 spiro atoms. The van der Waals surface area contributed by atoms with Gasteiger partial charge in [-0.15, -0.1) is 0 Å². The second-order valence-corrected chi connectivity index (χ2v) is 8.33. The Morgan fingerprint density at radius 1 is 1.21 bits per heavy atom. The fourth-order valence-corrected chi connectivity index (χ4v) is 4.38. The molecule has 1 saturated heterocycles. The van der Waals surface area contributed by atoms with Crippen molar-refractivity contribution in [2.75, 3.05) is 20.3 Å². The number of carbonyl (C=O) groups excluding carboxylic acids is 2. The molecule has 0 aliphatic carbocycles. The van der Waals surface area contributed by atoms with E-state index < -0.39 is 10.8 Å². The highest BCUT2D eigenvalue weighted by atomic mass is 32.2. The molecule has 2 amide bonds. The number of methoxy groups -OCH3 is 1. The van der Waals surface area contributed by atoms with Crippen molar-refractivity contribution in [1.82, 2.24) is 4.90 Å². The summed E-state index contributed by atoms with van der Waals surface area (Å²) in [6.07, 6.45) is 1.50. The summed E-state index contributed by atoms with van der Waals surface area (Å²) in [5.74, 6) is -0.419. The van der Waals surface area contributed by atoms with Crippen molar-refractivity contribution in [2.24, 2.45) is 0 Å². The molecule has 1 aliphatic heterocycles. The van der Waals surface area contributed by atoms with Gasteiger partial charge in [0.15, 0.2) is 0 Å².